The Morgan fingerprint density at radius 1 is 1.08 bits per heavy atom. The largest absolute Gasteiger partial charge is 0.454 e. The molecule has 0 unspecified atom stereocenters. The summed E-state index contributed by atoms with van der Waals surface area (Å²) in [4.78, 5) is 23.8. The van der Waals surface area contributed by atoms with Crippen LogP contribution < -0.4 is 10.9 Å². The lowest BCUT2D eigenvalue weighted by Gasteiger charge is -2.04. The number of nitrogens with one attached hydrogen (secondary N) is 1. The van der Waals surface area contributed by atoms with Gasteiger partial charge >= 0.3 is 0 Å². The highest BCUT2D eigenvalue weighted by atomic mass is 35.5. The second-order valence-electron chi connectivity index (χ2n) is 5.24. The quantitative estimate of drug-likeness (QED) is 0.775. The van der Waals surface area contributed by atoms with Crippen molar-refractivity contribution in [2.75, 3.05) is 0 Å². The van der Waals surface area contributed by atoms with Gasteiger partial charge in [0.1, 0.15) is 5.76 Å². The van der Waals surface area contributed by atoms with Gasteiger partial charge in [-0.15, -0.1) is 0 Å². The van der Waals surface area contributed by atoms with Crippen LogP contribution in [0.25, 0.3) is 0 Å². The highest BCUT2D eigenvalue weighted by Crippen LogP contribution is 2.11. The first-order valence-electron chi connectivity index (χ1n) is 7.38. The molecule has 5 nitrogen and oxygen atoms in total. The fourth-order valence-corrected chi connectivity index (χ4v) is 2.34. The summed E-state index contributed by atoms with van der Waals surface area (Å²) in [6.45, 7) is 0.661. The normalized spacial score (nSPS) is 10.5. The van der Waals surface area contributed by atoms with Crippen LogP contribution in [-0.4, -0.2) is 10.5 Å². The molecule has 3 rings (SSSR count). The van der Waals surface area contributed by atoms with Gasteiger partial charge in [-0.25, -0.2) is 0 Å². The van der Waals surface area contributed by atoms with E-state index in [1.807, 2.05) is 12.1 Å². The number of rotatable bonds is 5. The van der Waals surface area contributed by atoms with Crippen molar-refractivity contribution in [1.82, 2.24) is 9.88 Å². The zero-order chi connectivity index (χ0) is 16.9. The number of hydrogen-bond acceptors (Lipinski definition) is 3. The molecule has 0 radical (unpaired) electrons. The van der Waals surface area contributed by atoms with Gasteiger partial charge in [0.25, 0.3) is 11.5 Å². The summed E-state index contributed by atoms with van der Waals surface area (Å²) in [5.74, 6) is 0.444. The molecule has 0 spiro atoms. The fraction of sp³-hybridized carbons (Fsp3) is 0.111. The molecule has 0 atom stereocenters. The van der Waals surface area contributed by atoms with Crippen LogP contribution in [0.3, 0.4) is 0 Å². The standard InChI is InChI=1S/C18H15ClN2O3/c19-14-6-4-13(5-7-14)11-20-18(23)16-9-8-15(24-16)12-21-10-2-1-3-17(21)22/h1-10H,11-12H2,(H,20,23). The smallest absolute Gasteiger partial charge is 0.287 e. The van der Waals surface area contributed by atoms with Crippen molar-refractivity contribution >= 4 is 17.5 Å². The molecule has 6 heteroatoms. The van der Waals surface area contributed by atoms with Crippen molar-refractivity contribution in [2.24, 2.45) is 0 Å². The van der Waals surface area contributed by atoms with Gasteiger partial charge in [0, 0.05) is 23.8 Å². The van der Waals surface area contributed by atoms with Gasteiger partial charge in [-0.1, -0.05) is 29.8 Å². The number of furan rings is 1. The number of aromatic nitrogens is 1. The average Bonchev–Trinajstić information content (AvgIpc) is 3.05. The van der Waals surface area contributed by atoms with E-state index in [-0.39, 0.29) is 23.8 Å². The second kappa shape index (κ2) is 7.19. The Hall–Kier alpha value is -2.79. The molecule has 0 bridgehead atoms. The van der Waals surface area contributed by atoms with Crippen molar-refractivity contribution in [1.29, 1.82) is 0 Å². The van der Waals surface area contributed by atoms with Gasteiger partial charge in [-0.3, -0.25) is 9.59 Å². The minimum atomic E-state index is -0.309. The number of hydrogen-bond donors (Lipinski definition) is 1. The Bertz CT molecular complexity index is 897. The summed E-state index contributed by atoms with van der Waals surface area (Å²) in [5.41, 5.74) is 0.818. The molecule has 24 heavy (non-hydrogen) atoms. The number of amides is 1. The summed E-state index contributed by atoms with van der Waals surface area (Å²) in [6, 6.07) is 15.4. The van der Waals surface area contributed by atoms with E-state index in [9.17, 15) is 9.59 Å². The van der Waals surface area contributed by atoms with E-state index >= 15 is 0 Å². The minimum absolute atomic E-state index is 0.123. The van der Waals surface area contributed by atoms with Crippen molar-refractivity contribution in [3.05, 3.63) is 93.3 Å². The van der Waals surface area contributed by atoms with Crippen LogP contribution in [0.4, 0.5) is 0 Å². The maximum atomic E-state index is 12.1. The molecule has 1 N–H and O–H groups in total. The van der Waals surface area contributed by atoms with Crippen LogP contribution in [-0.2, 0) is 13.1 Å². The Morgan fingerprint density at radius 3 is 2.62 bits per heavy atom. The van der Waals surface area contributed by atoms with E-state index in [4.69, 9.17) is 16.0 Å². The topological polar surface area (TPSA) is 64.2 Å². The molecular weight excluding hydrogens is 328 g/mol. The van der Waals surface area contributed by atoms with Gasteiger partial charge in [-0.05, 0) is 35.9 Å². The molecule has 0 saturated carbocycles. The van der Waals surface area contributed by atoms with Gasteiger partial charge in [0.05, 0.1) is 6.54 Å². The van der Waals surface area contributed by atoms with Gasteiger partial charge in [0.2, 0.25) is 0 Å². The van der Waals surface area contributed by atoms with Crippen molar-refractivity contribution in [2.45, 2.75) is 13.1 Å². The molecule has 0 aliphatic heterocycles. The second-order valence-corrected chi connectivity index (χ2v) is 5.68. The monoisotopic (exact) mass is 342 g/mol. The maximum Gasteiger partial charge on any atom is 0.287 e. The molecule has 2 heterocycles. The first kappa shape index (κ1) is 16.1. The van der Waals surface area contributed by atoms with Gasteiger partial charge < -0.3 is 14.3 Å². The molecule has 0 saturated heterocycles. The first-order chi connectivity index (χ1) is 11.6. The SMILES string of the molecule is O=C(NCc1ccc(Cl)cc1)c1ccc(Cn2ccccc2=O)o1. The molecule has 0 aliphatic carbocycles. The lowest BCUT2D eigenvalue weighted by atomic mass is 10.2. The molecule has 0 fully saturated rings. The van der Waals surface area contributed by atoms with E-state index in [0.29, 0.717) is 17.3 Å². The Morgan fingerprint density at radius 2 is 1.88 bits per heavy atom. The van der Waals surface area contributed by atoms with Crippen molar-refractivity contribution < 1.29 is 9.21 Å². The number of pyridine rings is 1. The van der Waals surface area contributed by atoms with Crippen LogP contribution in [0.15, 0.2) is 70.0 Å². The third-order valence-corrected chi connectivity index (χ3v) is 3.73. The number of benzene rings is 1. The van der Waals surface area contributed by atoms with E-state index in [1.165, 1.54) is 10.6 Å². The highest BCUT2D eigenvalue weighted by Gasteiger charge is 2.11. The molecular formula is C18H15ClN2O3. The molecule has 3 aromatic rings. The number of nitrogens with zero attached hydrogens (tertiary/aromatic N) is 1. The molecule has 1 amide bonds. The lowest BCUT2D eigenvalue weighted by molar-refractivity contribution is 0.0921. The number of carbonyl (C=O) groups excluding carboxylic acids is 1. The van der Waals surface area contributed by atoms with E-state index in [2.05, 4.69) is 5.32 Å². The van der Waals surface area contributed by atoms with Crippen molar-refractivity contribution in [3.63, 3.8) is 0 Å². The summed E-state index contributed by atoms with van der Waals surface area (Å²) in [6.07, 6.45) is 1.67. The predicted molar refractivity (Wildman–Crippen MR) is 91.1 cm³/mol. The van der Waals surface area contributed by atoms with Crippen LogP contribution in [0.5, 0.6) is 0 Å². The summed E-state index contributed by atoms with van der Waals surface area (Å²) >= 11 is 5.82. The van der Waals surface area contributed by atoms with E-state index in [1.54, 1.807) is 42.6 Å². The number of carbonyl (C=O) groups is 1. The third-order valence-electron chi connectivity index (χ3n) is 3.48. The summed E-state index contributed by atoms with van der Waals surface area (Å²) < 4.78 is 7.03. The Kier molecular flexibility index (Phi) is 4.82. The Balaban J connectivity index is 1.62. The van der Waals surface area contributed by atoms with Crippen LogP contribution >= 0.6 is 11.6 Å². The predicted octanol–water partition coefficient (Wildman–Crippen LogP) is 3.07. The molecule has 0 aliphatic rings. The zero-order valence-corrected chi connectivity index (χ0v) is 13.5. The summed E-state index contributed by atoms with van der Waals surface area (Å²) in [5, 5.41) is 3.43. The third kappa shape index (κ3) is 3.94. The lowest BCUT2D eigenvalue weighted by Crippen LogP contribution is -2.22. The highest BCUT2D eigenvalue weighted by molar-refractivity contribution is 6.30. The number of halogens is 1. The van der Waals surface area contributed by atoms with Crippen LogP contribution in [0.2, 0.25) is 5.02 Å². The zero-order valence-electron chi connectivity index (χ0n) is 12.7. The fourth-order valence-electron chi connectivity index (χ4n) is 2.22. The molecule has 2 aromatic heterocycles. The van der Waals surface area contributed by atoms with E-state index in [0.717, 1.165) is 5.56 Å². The van der Waals surface area contributed by atoms with Crippen LogP contribution in [0, 0.1) is 0 Å². The molecule has 1 aromatic carbocycles. The van der Waals surface area contributed by atoms with Gasteiger partial charge in [-0.2, -0.15) is 0 Å². The average molecular weight is 343 g/mol. The van der Waals surface area contributed by atoms with Crippen molar-refractivity contribution in [3.8, 4) is 0 Å². The first-order valence-corrected chi connectivity index (χ1v) is 7.76. The Labute approximate surface area is 143 Å². The summed E-state index contributed by atoms with van der Waals surface area (Å²) in [7, 11) is 0. The van der Waals surface area contributed by atoms with Crippen LogP contribution in [0.1, 0.15) is 21.9 Å². The minimum Gasteiger partial charge on any atom is -0.454 e. The molecule has 122 valence electrons. The van der Waals surface area contributed by atoms with Gasteiger partial charge in [0.15, 0.2) is 5.76 Å². The maximum absolute atomic E-state index is 12.1. The van der Waals surface area contributed by atoms with E-state index < -0.39 is 0 Å².